The van der Waals surface area contributed by atoms with Gasteiger partial charge in [0.05, 0.1) is 6.61 Å². The van der Waals surface area contributed by atoms with Crippen LogP contribution in [0.2, 0.25) is 5.02 Å². The molecule has 4 nitrogen and oxygen atoms in total. The lowest BCUT2D eigenvalue weighted by Gasteiger charge is -2.01. The molecule has 1 heterocycles. The monoisotopic (exact) mass is 291 g/mol. The second-order valence-electron chi connectivity index (χ2n) is 4.28. The van der Waals surface area contributed by atoms with E-state index in [2.05, 4.69) is 0 Å². The lowest BCUT2D eigenvalue weighted by molar-refractivity contribution is 0.0515. The fourth-order valence-electron chi connectivity index (χ4n) is 1.86. The molecule has 104 valence electrons. The Morgan fingerprint density at radius 1 is 1.20 bits per heavy atom. The first kappa shape index (κ1) is 14.3. The average Bonchev–Trinajstić information content (AvgIpc) is 2.81. The number of esters is 1. The average molecular weight is 292 g/mol. The highest BCUT2D eigenvalue weighted by molar-refractivity contribution is 6.30. The Morgan fingerprint density at radius 3 is 2.45 bits per heavy atom. The van der Waals surface area contributed by atoms with Crippen LogP contribution in [0.3, 0.4) is 0 Å². The molecule has 20 heavy (non-hydrogen) atoms. The van der Waals surface area contributed by atoms with Crippen LogP contribution in [0.25, 0.3) is 0 Å². The van der Waals surface area contributed by atoms with Crippen LogP contribution >= 0.6 is 11.6 Å². The van der Waals surface area contributed by atoms with E-state index in [1.54, 1.807) is 49.0 Å². The molecule has 0 aliphatic carbocycles. The van der Waals surface area contributed by atoms with Crippen molar-refractivity contribution in [2.75, 3.05) is 6.61 Å². The first-order valence-corrected chi connectivity index (χ1v) is 6.54. The highest BCUT2D eigenvalue weighted by Crippen LogP contribution is 2.16. The Hall–Kier alpha value is -2.07. The van der Waals surface area contributed by atoms with Crippen LogP contribution in [-0.4, -0.2) is 22.9 Å². The molecular weight excluding hydrogens is 278 g/mol. The van der Waals surface area contributed by atoms with Crippen LogP contribution in [0.1, 0.15) is 33.3 Å². The number of hydrogen-bond donors (Lipinski definition) is 0. The smallest absolute Gasteiger partial charge is 0.354 e. The van der Waals surface area contributed by atoms with Crippen molar-refractivity contribution < 1.29 is 14.3 Å². The summed E-state index contributed by atoms with van der Waals surface area (Å²) in [5, 5.41) is 0.571. The molecule has 2 aromatic rings. The summed E-state index contributed by atoms with van der Waals surface area (Å²) in [6.45, 7) is 2.03. The number of ether oxygens (including phenoxy) is 1. The number of halogens is 1. The third-order valence-electron chi connectivity index (χ3n) is 2.86. The number of hydrogen-bond acceptors (Lipinski definition) is 3. The van der Waals surface area contributed by atoms with Crippen molar-refractivity contribution in [1.29, 1.82) is 0 Å². The Labute approximate surface area is 121 Å². The number of carbonyl (C=O) groups is 2. The molecule has 0 spiro atoms. The number of carbonyl (C=O) groups excluding carboxylic acids is 2. The molecule has 0 bridgehead atoms. The Kier molecular flexibility index (Phi) is 4.25. The van der Waals surface area contributed by atoms with Gasteiger partial charge in [0.15, 0.2) is 5.78 Å². The zero-order valence-corrected chi connectivity index (χ0v) is 12.0. The number of benzene rings is 1. The molecule has 0 saturated heterocycles. The molecule has 0 atom stereocenters. The number of aromatic nitrogens is 1. The summed E-state index contributed by atoms with van der Waals surface area (Å²) in [6, 6.07) is 8.16. The molecule has 0 radical (unpaired) electrons. The number of nitrogens with zero attached hydrogens (tertiary/aromatic N) is 1. The van der Waals surface area contributed by atoms with Crippen LogP contribution in [0.15, 0.2) is 36.5 Å². The summed E-state index contributed by atoms with van der Waals surface area (Å²) in [5.41, 5.74) is 1.32. The van der Waals surface area contributed by atoms with Gasteiger partial charge in [-0.2, -0.15) is 0 Å². The first-order chi connectivity index (χ1) is 9.52. The third-order valence-corrected chi connectivity index (χ3v) is 3.11. The fraction of sp³-hybridized carbons (Fsp3) is 0.200. The molecule has 0 fully saturated rings. The van der Waals surface area contributed by atoms with Gasteiger partial charge in [-0.15, -0.1) is 0 Å². The molecule has 0 unspecified atom stereocenters. The van der Waals surface area contributed by atoms with Gasteiger partial charge in [0.2, 0.25) is 0 Å². The van der Waals surface area contributed by atoms with E-state index in [-0.39, 0.29) is 5.78 Å². The van der Waals surface area contributed by atoms with Gasteiger partial charge in [-0.05, 0) is 37.3 Å². The molecule has 0 saturated carbocycles. The summed E-state index contributed by atoms with van der Waals surface area (Å²) < 4.78 is 6.52. The van der Waals surface area contributed by atoms with Crippen molar-refractivity contribution in [3.05, 3.63) is 58.4 Å². The molecule has 1 aromatic heterocycles. The first-order valence-electron chi connectivity index (χ1n) is 6.16. The van der Waals surface area contributed by atoms with Crippen LogP contribution < -0.4 is 0 Å². The number of rotatable bonds is 4. The zero-order valence-electron chi connectivity index (χ0n) is 11.2. The van der Waals surface area contributed by atoms with Crippen molar-refractivity contribution in [2.24, 2.45) is 7.05 Å². The summed E-state index contributed by atoms with van der Waals surface area (Å²) in [5.74, 6) is -0.599. The van der Waals surface area contributed by atoms with E-state index >= 15 is 0 Å². The Morgan fingerprint density at radius 2 is 1.85 bits per heavy atom. The summed E-state index contributed by atoms with van der Waals surface area (Å²) in [4.78, 5) is 24.0. The van der Waals surface area contributed by atoms with Crippen LogP contribution in [-0.2, 0) is 11.8 Å². The van der Waals surface area contributed by atoms with Gasteiger partial charge in [-0.3, -0.25) is 4.79 Å². The fourth-order valence-corrected chi connectivity index (χ4v) is 1.99. The van der Waals surface area contributed by atoms with Crippen molar-refractivity contribution in [1.82, 2.24) is 4.57 Å². The van der Waals surface area contributed by atoms with E-state index in [1.807, 2.05) is 0 Å². The van der Waals surface area contributed by atoms with Gasteiger partial charge < -0.3 is 9.30 Å². The molecule has 0 aliphatic rings. The van der Waals surface area contributed by atoms with Crippen molar-refractivity contribution in [3.8, 4) is 0 Å². The van der Waals surface area contributed by atoms with Crippen molar-refractivity contribution in [2.45, 2.75) is 6.92 Å². The molecule has 5 heteroatoms. The highest BCUT2D eigenvalue weighted by atomic mass is 35.5. The van der Waals surface area contributed by atoms with Gasteiger partial charge >= 0.3 is 5.97 Å². The predicted molar refractivity (Wildman–Crippen MR) is 76.3 cm³/mol. The predicted octanol–water partition coefficient (Wildman–Crippen LogP) is 3.09. The SMILES string of the molecule is CCOC(=O)c1cc(C(=O)c2ccc(Cl)cc2)cn1C. The molecule has 0 aliphatic heterocycles. The molecule has 0 N–H and O–H groups in total. The van der Waals surface area contributed by atoms with E-state index in [0.29, 0.717) is 28.5 Å². The summed E-state index contributed by atoms with van der Waals surface area (Å²) in [6.07, 6.45) is 1.61. The quantitative estimate of drug-likeness (QED) is 0.642. The topological polar surface area (TPSA) is 48.3 Å². The third kappa shape index (κ3) is 2.91. The van der Waals surface area contributed by atoms with E-state index < -0.39 is 5.97 Å². The number of ketones is 1. The summed E-state index contributed by atoms with van der Waals surface area (Å²) in [7, 11) is 1.70. The van der Waals surface area contributed by atoms with Gasteiger partial charge in [0.1, 0.15) is 5.69 Å². The highest BCUT2D eigenvalue weighted by Gasteiger charge is 2.17. The van der Waals surface area contributed by atoms with Gasteiger partial charge in [0.25, 0.3) is 0 Å². The molecular formula is C15H14ClNO3. The maximum absolute atomic E-state index is 12.3. The van der Waals surface area contributed by atoms with E-state index in [4.69, 9.17) is 16.3 Å². The minimum absolute atomic E-state index is 0.159. The second kappa shape index (κ2) is 5.92. The minimum atomic E-state index is -0.440. The maximum atomic E-state index is 12.3. The van der Waals surface area contributed by atoms with Crippen LogP contribution in [0.5, 0.6) is 0 Å². The lowest BCUT2D eigenvalue weighted by Crippen LogP contribution is -2.08. The molecule has 1 aromatic carbocycles. The minimum Gasteiger partial charge on any atom is -0.461 e. The molecule has 0 amide bonds. The number of aryl methyl sites for hydroxylation is 1. The normalized spacial score (nSPS) is 10.3. The Balaban J connectivity index is 2.29. The molecule has 2 rings (SSSR count). The van der Waals surface area contributed by atoms with Crippen molar-refractivity contribution in [3.63, 3.8) is 0 Å². The van der Waals surface area contributed by atoms with Gasteiger partial charge in [0, 0.05) is 29.4 Å². The standard InChI is InChI=1S/C15H14ClNO3/c1-3-20-15(19)13-8-11(9-17(13)2)14(18)10-4-6-12(16)7-5-10/h4-9H,3H2,1-2H3. The Bertz CT molecular complexity index is 644. The van der Waals surface area contributed by atoms with Crippen LogP contribution in [0.4, 0.5) is 0 Å². The lowest BCUT2D eigenvalue weighted by atomic mass is 10.1. The van der Waals surface area contributed by atoms with Crippen LogP contribution in [0, 0.1) is 0 Å². The summed E-state index contributed by atoms with van der Waals surface area (Å²) >= 11 is 5.79. The van der Waals surface area contributed by atoms with E-state index in [1.165, 1.54) is 6.07 Å². The van der Waals surface area contributed by atoms with Gasteiger partial charge in [-0.25, -0.2) is 4.79 Å². The largest absolute Gasteiger partial charge is 0.461 e. The van der Waals surface area contributed by atoms with Gasteiger partial charge in [-0.1, -0.05) is 11.6 Å². The van der Waals surface area contributed by atoms with E-state index in [9.17, 15) is 9.59 Å². The van der Waals surface area contributed by atoms with Crippen molar-refractivity contribution >= 4 is 23.4 Å². The van der Waals surface area contributed by atoms with E-state index in [0.717, 1.165) is 0 Å². The zero-order chi connectivity index (χ0) is 14.7. The maximum Gasteiger partial charge on any atom is 0.354 e. The second-order valence-corrected chi connectivity index (χ2v) is 4.72.